The lowest BCUT2D eigenvalue weighted by Crippen LogP contribution is -1.84. The van der Waals surface area contributed by atoms with Crippen molar-refractivity contribution >= 4 is 11.8 Å². The maximum atomic E-state index is 5.15. The Morgan fingerprint density at radius 1 is 1.05 bits per heavy atom. The standard InChI is InChI=1S/C16H15N3OS/c1-20-14-9-7-13(8-10-14)15-17-16(19-18-15)21-11-12-5-3-2-4-6-12/h2-10H,11H2,1H3,(H,17,18,19). The Labute approximate surface area is 127 Å². The first-order chi connectivity index (χ1) is 10.3. The van der Waals surface area contributed by atoms with Gasteiger partial charge in [0.1, 0.15) is 5.75 Å². The molecule has 1 N–H and O–H groups in total. The third kappa shape index (κ3) is 3.44. The summed E-state index contributed by atoms with van der Waals surface area (Å²) in [5.74, 6) is 2.46. The number of nitrogens with one attached hydrogen (secondary N) is 1. The van der Waals surface area contributed by atoms with Crippen molar-refractivity contribution in [1.82, 2.24) is 15.2 Å². The molecular weight excluding hydrogens is 282 g/mol. The molecule has 3 aromatic rings. The first-order valence-electron chi connectivity index (χ1n) is 6.59. The van der Waals surface area contributed by atoms with Gasteiger partial charge >= 0.3 is 0 Å². The number of nitrogens with zero attached hydrogens (tertiary/aromatic N) is 2. The summed E-state index contributed by atoms with van der Waals surface area (Å²) in [6, 6.07) is 18.0. The molecule has 0 spiro atoms. The summed E-state index contributed by atoms with van der Waals surface area (Å²) in [7, 11) is 1.65. The van der Waals surface area contributed by atoms with E-state index in [-0.39, 0.29) is 0 Å². The summed E-state index contributed by atoms with van der Waals surface area (Å²) in [4.78, 5) is 4.51. The van der Waals surface area contributed by atoms with Crippen LogP contribution >= 0.6 is 11.8 Å². The van der Waals surface area contributed by atoms with Crippen LogP contribution in [-0.4, -0.2) is 22.3 Å². The molecule has 0 amide bonds. The van der Waals surface area contributed by atoms with Gasteiger partial charge in [0, 0.05) is 11.3 Å². The molecule has 1 aromatic heterocycles. The highest BCUT2D eigenvalue weighted by molar-refractivity contribution is 7.98. The number of ether oxygens (including phenoxy) is 1. The average Bonchev–Trinajstić information content (AvgIpc) is 3.03. The minimum absolute atomic E-state index is 0.754. The second-order valence-electron chi connectivity index (χ2n) is 4.47. The second-order valence-corrected chi connectivity index (χ2v) is 5.41. The summed E-state index contributed by atoms with van der Waals surface area (Å²) in [5.41, 5.74) is 2.26. The highest BCUT2D eigenvalue weighted by Crippen LogP contribution is 2.23. The van der Waals surface area contributed by atoms with Gasteiger partial charge < -0.3 is 4.74 Å². The summed E-state index contributed by atoms with van der Waals surface area (Å²) in [6.07, 6.45) is 0. The maximum Gasteiger partial charge on any atom is 0.209 e. The van der Waals surface area contributed by atoms with Crippen LogP contribution in [0.3, 0.4) is 0 Å². The molecule has 106 valence electrons. The fourth-order valence-electron chi connectivity index (χ4n) is 1.91. The molecule has 0 saturated heterocycles. The monoisotopic (exact) mass is 297 g/mol. The number of H-pyrrole nitrogens is 1. The molecule has 0 saturated carbocycles. The van der Waals surface area contributed by atoms with E-state index in [1.807, 2.05) is 42.5 Å². The smallest absolute Gasteiger partial charge is 0.209 e. The average molecular weight is 297 g/mol. The second kappa shape index (κ2) is 6.45. The van der Waals surface area contributed by atoms with Crippen LogP contribution in [0.1, 0.15) is 5.56 Å². The number of aromatic amines is 1. The molecule has 0 aliphatic rings. The summed E-state index contributed by atoms with van der Waals surface area (Å²) in [6.45, 7) is 0. The number of hydrogen-bond acceptors (Lipinski definition) is 4. The third-order valence-corrected chi connectivity index (χ3v) is 3.96. The maximum absolute atomic E-state index is 5.15. The van der Waals surface area contributed by atoms with Gasteiger partial charge in [0.15, 0.2) is 5.82 Å². The Morgan fingerprint density at radius 3 is 2.52 bits per heavy atom. The van der Waals surface area contributed by atoms with E-state index in [0.717, 1.165) is 28.0 Å². The van der Waals surface area contributed by atoms with E-state index in [1.54, 1.807) is 18.9 Å². The molecule has 3 rings (SSSR count). The summed E-state index contributed by atoms with van der Waals surface area (Å²) in [5, 5.41) is 7.97. The Bertz CT molecular complexity index is 695. The number of aromatic nitrogens is 3. The van der Waals surface area contributed by atoms with E-state index in [9.17, 15) is 0 Å². The van der Waals surface area contributed by atoms with Gasteiger partial charge in [-0.2, -0.15) is 0 Å². The zero-order valence-corrected chi connectivity index (χ0v) is 12.4. The number of methoxy groups -OCH3 is 1. The predicted molar refractivity (Wildman–Crippen MR) is 84.4 cm³/mol. The molecule has 0 fully saturated rings. The van der Waals surface area contributed by atoms with Gasteiger partial charge in [0.05, 0.1) is 7.11 Å². The van der Waals surface area contributed by atoms with E-state index < -0.39 is 0 Å². The molecule has 1 heterocycles. The van der Waals surface area contributed by atoms with Crippen molar-refractivity contribution in [2.75, 3.05) is 7.11 Å². The molecule has 4 nitrogen and oxygen atoms in total. The largest absolute Gasteiger partial charge is 0.497 e. The van der Waals surface area contributed by atoms with Gasteiger partial charge in [0.2, 0.25) is 5.16 Å². The Morgan fingerprint density at radius 2 is 1.81 bits per heavy atom. The van der Waals surface area contributed by atoms with Crippen molar-refractivity contribution in [3.8, 4) is 17.1 Å². The first-order valence-corrected chi connectivity index (χ1v) is 7.57. The molecule has 21 heavy (non-hydrogen) atoms. The lowest BCUT2D eigenvalue weighted by Gasteiger charge is -2.00. The van der Waals surface area contributed by atoms with Crippen molar-refractivity contribution in [2.24, 2.45) is 0 Å². The quantitative estimate of drug-likeness (QED) is 0.728. The molecule has 2 aromatic carbocycles. The SMILES string of the molecule is COc1ccc(-c2nc(SCc3ccccc3)n[nH]2)cc1. The van der Waals surface area contributed by atoms with Gasteiger partial charge in [-0.05, 0) is 29.8 Å². The Balaban J connectivity index is 1.68. The van der Waals surface area contributed by atoms with E-state index in [0.29, 0.717) is 0 Å². The normalized spacial score (nSPS) is 10.5. The molecule has 0 radical (unpaired) electrons. The highest BCUT2D eigenvalue weighted by atomic mass is 32.2. The van der Waals surface area contributed by atoms with Crippen LogP contribution in [0.5, 0.6) is 5.75 Å². The van der Waals surface area contributed by atoms with Gasteiger partial charge in [-0.15, -0.1) is 5.10 Å². The van der Waals surface area contributed by atoms with Gasteiger partial charge in [-0.1, -0.05) is 42.1 Å². The Kier molecular flexibility index (Phi) is 4.21. The molecular formula is C16H15N3OS. The lowest BCUT2D eigenvalue weighted by molar-refractivity contribution is 0.415. The molecule has 0 atom stereocenters. The van der Waals surface area contributed by atoms with E-state index in [1.165, 1.54) is 5.56 Å². The van der Waals surface area contributed by atoms with E-state index >= 15 is 0 Å². The van der Waals surface area contributed by atoms with Gasteiger partial charge in [0.25, 0.3) is 0 Å². The topological polar surface area (TPSA) is 50.8 Å². The molecule has 0 unspecified atom stereocenters. The number of hydrogen-bond donors (Lipinski definition) is 1. The Hall–Kier alpha value is -2.27. The zero-order chi connectivity index (χ0) is 14.5. The van der Waals surface area contributed by atoms with Crippen molar-refractivity contribution in [2.45, 2.75) is 10.9 Å². The van der Waals surface area contributed by atoms with Gasteiger partial charge in [-0.3, -0.25) is 5.10 Å². The predicted octanol–water partition coefficient (Wildman–Crippen LogP) is 3.77. The van der Waals surface area contributed by atoms with Crippen LogP contribution in [0, 0.1) is 0 Å². The highest BCUT2D eigenvalue weighted by Gasteiger charge is 2.06. The number of thioether (sulfide) groups is 1. The fourth-order valence-corrected chi connectivity index (χ4v) is 2.67. The molecule has 0 bridgehead atoms. The van der Waals surface area contributed by atoms with Crippen LogP contribution in [0.2, 0.25) is 0 Å². The van der Waals surface area contributed by atoms with Crippen LogP contribution in [0.25, 0.3) is 11.4 Å². The molecule has 0 aliphatic carbocycles. The van der Waals surface area contributed by atoms with Gasteiger partial charge in [-0.25, -0.2) is 4.98 Å². The first kappa shape index (κ1) is 13.7. The number of benzene rings is 2. The van der Waals surface area contributed by atoms with E-state index in [4.69, 9.17) is 4.74 Å². The van der Waals surface area contributed by atoms with Crippen LogP contribution in [0.4, 0.5) is 0 Å². The summed E-state index contributed by atoms with van der Waals surface area (Å²) < 4.78 is 5.15. The van der Waals surface area contributed by atoms with E-state index in [2.05, 4.69) is 27.3 Å². The zero-order valence-electron chi connectivity index (χ0n) is 11.6. The molecule has 5 heteroatoms. The number of rotatable bonds is 5. The van der Waals surface area contributed by atoms with Crippen LogP contribution in [0.15, 0.2) is 59.8 Å². The van der Waals surface area contributed by atoms with Crippen LogP contribution in [-0.2, 0) is 5.75 Å². The van der Waals surface area contributed by atoms with Crippen molar-refractivity contribution in [3.05, 3.63) is 60.2 Å². The minimum Gasteiger partial charge on any atom is -0.497 e. The fraction of sp³-hybridized carbons (Fsp3) is 0.125. The van der Waals surface area contributed by atoms with Crippen LogP contribution < -0.4 is 4.74 Å². The van der Waals surface area contributed by atoms with Crippen molar-refractivity contribution < 1.29 is 4.74 Å². The van der Waals surface area contributed by atoms with Crippen molar-refractivity contribution in [3.63, 3.8) is 0 Å². The summed E-state index contributed by atoms with van der Waals surface area (Å²) >= 11 is 1.62. The third-order valence-electron chi connectivity index (χ3n) is 3.04. The lowest BCUT2D eigenvalue weighted by atomic mass is 10.2. The minimum atomic E-state index is 0.754. The molecule has 0 aliphatic heterocycles. The van der Waals surface area contributed by atoms with Crippen molar-refractivity contribution in [1.29, 1.82) is 0 Å².